The smallest absolute Gasteiger partial charge is 0.387 e. The standard InChI is InChI=1S/C15H15F2NO4/c1-9(2)21-14(19)11(8-18)6-10-4-5-12(22-15(16)17)13(7-10)20-3/h4-7,9,15H,1-3H3/b11-6+. The Kier molecular flexibility index (Phi) is 6.32. The van der Waals surface area contributed by atoms with Crippen molar-refractivity contribution in [2.45, 2.75) is 26.6 Å². The van der Waals surface area contributed by atoms with E-state index in [9.17, 15) is 13.6 Å². The number of esters is 1. The first-order valence-corrected chi connectivity index (χ1v) is 6.33. The van der Waals surface area contributed by atoms with Crippen LogP contribution in [0.3, 0.4) is 0 Å². The Hall–Kier alpha value is -2.62. The molecule has 0 N–H and O–H groups in total. The van der Waals surface area contributed by atoms with Gasteiger partial charge in [-0.25, -0.2) is 4.79 Å². The first kappa shape index (κ1) is 17.4. The van der Waals surface area contributed by atoms with Gasteiger partial charge in [0, 0.05) is 0 Å². The first-order valence-electron chi connectivity index (χ1n) is 6.33. The third-order valence-electron chi connectivity index (χ3n) is 2.40. The maximum atomic E-state index is 12.2. The van der Waals surface area contributed by atoms with Crippen molar-refractivity contribution < 1.29 is 27.8 Å². The number of rotatable bonds is 6. The molecule has 7 heteroatoms. The van der Waals surface area contributed by atoms with Crippen molar-refractivity contribution in [2.75, 3.05) is 7.11 Å². The second-order valence-corrected chi connectivity index (χ2v) is 4.41. The molecule has 0 amide bonds. The Labute approximate surface area is 126 Å². The predicted octanol–water partition coefficient (Wildman–Crippen LogP) is 3.16. The Balaban J connectivity index is 3.08. The summed E-state index contributed by atoms with van der Waals surface area (Å²) in [5.41, 5.74) is 0.203. The van der Waals surface area contributed by atoms with Crippen LogP contribution in [-0.2, 0) is 9.53 Å². The average Bonchev–Trinajstić information content (AvgIpc) is 2.44. The van der Waals surface area contributed by atoms with Gasteiger partial charge in [0.05, 0.1) is 13.2 Å². The van der Waals surface area contributed by atoms with Gasteiger partial charge < -0.3 is 14.2 Å². The molecule has 1 aromatic rings. The van der Waals surface area contributed by atoms with Crippen LogP contribution in [0.15, 0.2) is 23.8 Å². The molecule has 0 spiro atoms. The van der Waals surface area contributed by atoms with E-state index in [2.05, 4.69) is 4.74 Å². The molecule has 1 aromatic carbocycles. The van der Waals surface area contributed by atoms with Crippen LogP contribution in [0.2, 0.25) is 0 Å². The maximum absolute atomic E-state index is 12.2. The van der Waals surface area contributed by atoms with Gasteiger partial charge in [0.15, 0.2) is 11.5 Å². The van der Waals surface area contributed by atoms with Crippen molar-refractivity contribution in [3.63, 3.8) is 0 Å². The molecule has 0 aliphatic heterocycles. The molecule has 0 saturated carbocycles. The summed E-state index contributed by atoms with van der Waals surface area (Å²) in [5, 5.41) is 9.00. The number of nitriles is 1. The minimum absolute atomic E-state index is 0.0589. The number of carbonyl (C=O) groups excluding carboxylic acids is 1. The number of ether oxygens (including phenoxy) is 3. The molecule has 0 bridgehead atoms. The highest BCUT2D eigenvalue weighted by Crippen LogP contribution is 2.30. The molecule has 118 valence electrons. The van der Waals surface area contributed by atoms with E-state index in [4.69, 9.17) is 14.7 Å². The van der Waals surface area contributed by atoms with Crippen molar-refractivity contribution in [2.24, 2.45) is 0 Å². The molecular formula is C15H15F2NO4. The number of alkyl halides is 2. The van der Waals surface area contributed by atoms with Crippen LogP contribution in [0.1, 0.15) is 19.4 Å². The molecule has 0 fully saturated rings. The normalized spacial score (nSPS) is 11.3. The quantitative estimate of drug-likeness (QED) is 0.458. The van der Waals surface area contributed by atoms with E-state index in [0.717, 1.165) is 0 Å². The van der Waals surface area contributed by atoms with Crippen molar-refractivity contribution >= 4 is 12.0 Å². The molecule has 0 aliphatic rings. The zero-order valence-electron chi connectivity index (χ0n) is 12.3. The number of hydrogen-bond acceptors (Lipinski definition) is 5. The third-order valence-corrected chi connectivity index (χ3v) is 2.40. The van der Waals surface area contributed by atoms with Crippen molar-refractivity contribution in [1.82, 2.24) is 0 Å². The number of methoxy groups -OCH3 is 1. The molecule has 0 radical (unpaired) electrons. The zero-order chi connectivity index (χ0) is 16.7. The number of nitrogens with zero attached hydrogens (tertiary/aromatic N) is 1. The molecule has 0 unspecified atom stereocenters. The summed E-state index contributed by atoms with van der Waals surface area (Å²) in [6.07, 6.45) is 0.917. The molecule has 0 saturated heterocycles. The van der Waals surface area contributed by atoms with Gasteiger partial charge in [-0.15, -0.1) is 0 Å². The summed E-state index contributed by atoms with van der Waals surface area (Å²) in [7, 11) is 1.29. The number of hydrogen-bond donors (Lipinski definition) is 0. The topological polar surface area (TPSA) is 68.5 Å². The van der Waals surface area contributed by atoms with Gasteiger partial charge in [0.25, 0.3) is 0 Å². The molecule has 0 heterocycles. The molecule has 22 heavy (non-hydrogen) atoms. The summed E-state index contributed by atoms with van der Waals surface area (Å²) >= 11 is 0. The Morgan fingerprint density at radius 1 is 1.32 bits per heavy atom. The van der Waals surface area contributed by atoms with Crippen molar-refractivity contribution in [3.8, 4) is 17.6 Å². The fourth-order valence-electron chi connectivity index (χ4n) is 1.55. The van der Waals surface area contributed by atoms with Crippen molar-refractivity contribution in [3.05, 3.63) is 29.3 Å². The summed E-state index contributed by atoms with van der Waals surface area (Å²) in [6, 6.07) is 5.79. The van der Waals surface area contributed by atoms with E-state index >= 15 is 0 Å². The second-order valence-electron chi connectivity index (χ2n) is 4.41. The van der Waals surface area contributed by atoms with Gasteiger partial charge in [0.2, 0.25) is 0 Å². The van der Waals surface area contributed by atoms with Gasteiger partial charge >= 0.3 is 12.6 Å². The third kappa shape index (κ3) is 5.05. The molecule has 0 atom stereocenters. The minimum atomic E-state index is -2.98. The van der Waals surface area contributed by atoms with Crippen molar-refractivity contribution in [1.29, 1.82) is 5.26 Å². The zero-order valence-corrected chi connectivity index (χ0v) is 12.3. The molecular weight excluding hydrogens is 296 g/mol. The van der Waals surface area contributed by atoms with E-state index in [1.807, 2.05) is 0 Å². The van der Waals surface area contributed by atoms with Crippen LogP contribution in [0.25, 0.3) is 6.08 Å². The van der Waals surface area contributed by atoms with Crippen LogP contribution in [0, 0.1) is 11.3 Å². The molecule has 1 rings (SSSR count). The number of carbonyl (C=O) groups is 1. The SMILES string of the molecule is COc1cc(/C=C(\C#N)C(=O)OC(C)C)ccc1OC(F)F. The van der Waals surface area contributed by atoms with E-state index in [1.54, 1.807) is 19.9 Å². The van der Waals surface area contributed by atoms with Crippen LogP contribution >= 0.6 is 0 Å². The number of halogens is 2. The van der Waals surface area contributed by atoms with E-state index in [-0.39, 0.29) is 23.2 Å². The van der Waals surface area contributed by atoms with Gasteiger partial charge in [0.1, 0.15) is 11.6 Å². The van der Waals surface area contributed by atoms with Crippen LogP contribution in [-0.4, -0.2) is 25.8 Å². The maximum Gasteiger partial charge on any atom is 0.387 e. The average molecular weight is 311 g/mol. The lowest BCUT2D eigenvalue weighted by atomic mass is 10.1. The molecule has 0 aliphatic carbocycles. The fourth-order valence-corrected chi connectivity index (χ4v) is 1.55. The largest absolute Gasteiger partial charge is 0.493 e. The predicted molar refractivity (Wildman–Crippen MR) is 74.4 cm³/mol. The Morgan fingerprint density at radius 3 is 2.50 bits per heavy atom. The summed E-state index contributed by atoms with van der Waals surface area (Å²) in [5.74, 6) is -0.842. The lowest BCUT2D eigenvalue weighted by Gasteiger charge is -2.10. The van der Waals surface area contributed by atoms with E-state index in [1.165, 1.54) is 31.4 Å². The first-order chi connectivity index (χ1) is 10.4. The summed E-state index contributed by atoms with van der Waals surface area (Å²) in [6.45, 7) is 0.338. The summed E-state index contributed by atoms with van der Waals surface area (Å²) in [4.78, 5) is 11.7. The van der Waals surface area contributed by atoms with E-state index in [0.29, 0.717) is 5.56 Å². The van der Waals surface area contributed by atoms with Crippen LogP contribution < -0.4 is 9.47 Å². The molecule has 5 nitrogen and oxygen atoms in total. The Bertz CT molecular complexity index is 606. The van der Waals surface area contributed by atoms with E-state index < -0.39 is 12.6 Å². The van der Waals surface area contributed by atoms with Gasteiger partial charge in [-0.2, -0.15) is 14.0 Å². The lowest BCUT2D eigenvalue weighted by Crippen LogP contribution is -2.12. The number of benzene rings is 1. The highest BCUT2D eigenvalue weighted by Gasteiger charge is 2.14. The second kappa shape index (κ2) is 7.98. The van der Waals surface area contributed by atoms with Crippen LogP contribution in [0.5, 0.6) is 11.5 Å². The highest BCUT2D eigenvalue weighted by atomic mass is 19.3. The highest BCUT2D eigenvalue weighted by molar-refractivity contribution is 5.98. The summed E-state index contributed by atoms with van der Waals surface area (Å²) < 4.78 is 38.6. The Morgan fingerprint density at radius 2 is 2.00 bits per heavy atom. The fraction of sp³-hybridized carbons (Fsp3) is 0.333. The lowest BCUT2D eigenvalue weighted by molar-refractivity contribution is -0.142. The minimum Gasteiger partial charge on any atom is -0.493 e. The van der Waals surface area contributed by atoms with Gasteiger partial charge in [-0.1, -0.05) is 6.07 Å². The monoisotopic (exact) mass is 311 g/mol. The van der Waals surface area contributed by atoms with Gasteiger partial charge in [-0.3, -0.25) is 0 Å². The van der Waals surface area contributed by atoms with Gasteiger partial charge in [-0.05, 0) is 37.6 Å². The van der Waals surface area contributed by atoms with Crippen LogP contribution in [0.4, 0.5) is 8.78 Å². The molecule has 0 aromatic heterocycles.